The molecule has 3 rings (SSSR count). The Morgan fingerprint density at radius 2 is 2.16 bits per heavy atom. The average molecular weight is 280 g/mol. The maximum Gasteiger partial charge on any atom is 0.186 e. The summed E-state index contributed by atoms with van der Waals surface area (Å²) in [6.07, 6.45) is 5.18. The first-order valence-electron chi connectivity index (χ1n) is 7.30. The van der Waals surface area contributed by atoms with E-state index in [2.05, 4.69) is 23.9 Å². The molecule has 1 aromatic heterocycles. The first-order chi connectivity index (χ1) is 9.19. The highest BCUT2D eigenvalue weighted by molar-refractivity contribution is 7.15. The van der Waals surface area contributed by atoms with Crippen molar-refractivity contribution in [3.63, 3.8) is 0 Å². The number of nitrogens with zero attached hydrogens (tertiary/aromatic N) is 3. The SMILES string of the molecule is CN(C)CC1CCCN1c1nc(C2CC2)c(CN)s1. The Morgan fingerprint density at radius 3 is 2.79 bits per heavy atom. The van der Waals surface area contributed by atoms with E-state index in [1.807, 2.05) is 11.3 Å². The van der Waals surface area contributed by atoms with Crippen molar-refractivity contribution in [3.05, 3.63) is 10.6 Å². The van der Waals surface area contributed by atoms with Crippen molar-refractivity contribution >= 4 is 16.5 Å². The van der Waals surface area contributed by atoms with Crippen molar-refractivity contribution in [2.24, 2.45) is 5.73 Å². The van der Waals surface area contributed by atoms with Crippen molar-refractivity contribution in [2.75, 3.05) is 32.1 Å². The molecule has 1 saturated heterocycles. The van der Waals surface area contributed by atoms with Crippen LogP contribution in [-0.2, 0) is 6.54 Å². The number of rotatable bonds is 5. The Kier molecular flexibility index (Phi) is 3.78. The highest BCUT2D eigenvalue weighted by Gasteiger charge is 2.32. The predicted molar refractivity (Wildman–Crippen MR) is 80.9 cm³/mol. The Bertz CT molecular complexity index is 439. The molecule has 2 fully saturated rings. The maximum absolute atomic E-state index is 5.89. The van der Waals surface area contributed by atoms with Crippen LogP contribution >= 0.6 is 11.3 Å². The molecule has 0 aromatic carbocycles. The molecule has 1 unspecified atom stereocenters. The van der Waals surface area contributed by atoms with Crippen LogP contribution in [0.2, 0.25) is 0 Å². The number of thiazole rings is 1. The van der Waals surface area contributed by atoms with Crippen LogP contribution in [0.5, 0.6) is 0 Å². The third kappa shape index (κ3) is 2.78. The van der Waals surface area contributed by atoms with Gasteiger partial charge in [-0.3, -0.25) is 0 Å². The molecule has 1 aliphatic heterocycles. The fraction of sp³-hybridized carbons (Fsp3) is 0.786. The Labute approximate surface area is 119 Å². The van der Waals surface area contributed by atoms with Crippen molar-refractivity contribution in [3.8, 4) is 0 Å². The molecular formula is C14H24N4S. The zero-order chi connectivity index (χ0) is 13.4. The average Bonchev–Trinajstić information content (AvgIpc) is 2.97. The van der Waals surface area contributed by atoms with Crippen molar-refractivity contribution in [2.45, 2.75) is 44.2 Å². The number of hydrogen-bond donors (Lipinski definition) is 1. The second kappa shape index (κ2) is 5.38. The zero-order valence-corrected chi connectivity index (χ0v) is 12.7. The van der Waals surface area contributed by atoms with E-state index in [-0.39, 0.29) is 0 Å². The van der Waals surface area contributed by atoms with E-state index < -0.39 is 0 Å². The van der Waals surface area contributed by atoms with E-state index in [1.54, 1.807) is 0 Å². The molecule has 1 saturated carbocycles. The van der Waals surface area contributed by atoms with Crippen molar-refractivity contribution in [1.29, 1.82) is 0 Å². The second-order valence-corrected chi connectivity index (χ2v) is 7.10. The van der Waals surface area contributed by atoms with Gasteiger partial charge in [-0.15, -0.1) is 11.3 Å². The van der Waals surface area contributed by atoms with Gasteiger partial charge >= 0.3 is 0 Å². The highest BCUT2D eigenvalue weighted by atomic mass is 32.1. The lowest BCUT2D eigenvalue weighted by Gasteiger charge is -2.26. The van der Waals surface area contributed by atoms with Gasteiger partial charge in [0.1, 0.15) is 0 Å². The summed E-state index contributed by atoms with van der Waals surface area (Å²) >= 11 is 1.83. The number of aromatic nitrogens is 1. The second-order valence-electron chi connectivity index (χ2n) is 6.03. The molecule has 1 aliphatic carbocycles. The van der Waals surface area contributed by atoms with Gasteiger partial charge in [0, 0.05) is 36.5 Å². The van der Waals surface area contributed by atoms with E-state index in [1.165, 1.54) is 41.4 Å². The third-order valence-electron chi connectivity index (χ3n) is 4.06. The van der Waals surface area contributed by atoms with Crippen LogP contribution in [0.25, 0.3) is 0 Å². The van der Waals surface area contributed by atoms with E-state index in [4.69, 9.17) is 10.7 Å². The van der Waals surface area contributed by atoms with E-state index in [9.17, 15) is 0 Å². The summed E-state index contributed by atoms with van der Waals surface area (Å²) in [4.78, 5) is 11.0. The molecule has 0 bridgehead atoms. The molecule has 1 atom stereocenters. The third-order valence-corrected chi connectivity index (χ3v) is 5.20. The lowest BCUT2D eigenvalue weighted by molar-refractivity contribution is 0.372. The zero-order valence-electron chi connectivity index (χ0n) is 11.9. The molecule has 0 radical (unpaired) electrons. The Hall–Kier alpha value is -0.650. The normalized spacial score (nSPS) is 23.6. The standard InChI is InChI=1S/C14H24N4S/c1-17(2)9-11-4-3-7-18(11)14-16-13(10-5-6-10)12(8-15)19-14/h10-11H,3-9,15H2,1-2H3. The number of anilines is 1. The summed E-state index contributed by atoms with van der Waals surface area (Å²) in [5, 5.41) is 1.21. The molecule has 1 aromatic rings. The monoisotopic (exact) mass is 280 g/mol. The van der Waals surface area contributed by atoms with Crippen molar-refractivity contribution < 1.29 is 0 Å². The maximum atomic E-state index is 5.89. The van der Waals surface area contributed by atoms with E-state index >= 15 is 0 Å². The van der Waals surface area contributed by atoms with Gasteiger partial charge < -0.3 is 15.5 Å². The fourth-order valence-electron chi connectivity index (χ4n) is 2.99. The Morgan fingerprint density at radius 1 is 1.37 bits per heavy atom. The molecule has 106 valence electrons. The largest absolute Gasteiger partial charge is 0.344 e. The van der Waals surface area contributed by atoms with Crippen LogP contribution in [0, 0.1) is 0 Å². The first-order valence-corrected chi connectivity index (χ1v) is 8.11. The van der Waals surface area contributed by atoms with Gasteiger partial charge in [-0.25, -0.2) is 4.98 Å². The number of likely N-dealkylation sites (N-methyl/N-ethyl adjacent to an activating group) is 1. The van der Waals surface area contributed by atoms with Gasteiger partial charge in [-0.1, -0.05) is 0 Å². The smallest absolute Gasteiger partial charge is 0.186 e. The van der Waals surface area contributed by atoms with Gasteiger partial charge in [-0.05, 0) is 39.8 Å². The van der Waals surface area contributed by atoms with Crippen molar-refractivity contribution in [1.82, 2.24) is 9.88 Å². The molecular weight excluding hydrogens is 256 g/mol. The van der Waals surface area contributed by atoms with E-state index in [0.717, 1.165) is 13.1 Å². The minimum Gasteiger partial charge on any atom is -0.344 e. The van der Waals surface area contributed by atoms with Crippen LogP contribution in [-0.4, -0.2) is 43.1 Å². The summed E-state index contributed by atoms with van der Waals surface area (Å²) in [5.74, 6) is 0.707. The molecule has 5 heteroatoms. The summed E-state index contributed by atoms with van der Waals surface area (Å²) < 4.78 is 0. The minimum atomic E-state index is 0.624. The van der Waals surface area contributed by atoms with Crippen LogP contribution in [0.4, 0.5) is 5.13 Å². The van der Waals surface area contributed by atoms with Gasteiger partial charge in [0.15, 0.2) is 5.13 Å². The molecule has 0 amide bonds. The molecule has 2 N–H and O–H groups in total. The van der Waals surface area contributed by atoms with Crippen LogP contribution in [0.1, 0.15) is 42.2 Å². The summed E-state index contributed by atoms with van der Waals surface area (Å²) in [6.45, 7) is 2.92. The number of nitrogens with two attached hydrogens (primary N) is 1. The predicted octanol–water partition coefficient (Wildman–Crippen LogP) is 2.01. The van der Waals surface area contributed by atoms with Gasteiger partial charge in [0.25, 0.3) is 0 Å². The first kappa shape index (κ1) is 13.3. The van der Waals surface area contributed by atoms with Gasteiger partial charge in [0.05, 0.1) is 5.69 Å². The molecule has 19 heavy (non-hydrogen) atoms. The van der Waals surface area contributed by atoms with Crippen LogP contribution in [0.3, 0.4) is 0 Å². The highest BCUT2D eigenvalue weighted by Crippen LogP contribution is 2.44. The summed E-state index contributed by atoms with van der Waals surface area (Å²) in [5.41, 5.74) is 7.19. The minimum absolute atomic E-state index is 0.624. The summed E-state index contributed by atoms with van der Waals surface area (Å²) in [7, 11) is 4.30. The van der Waals surface area contributed by atoms with Gasteiger partial charge in [-0.2, -0.15) is 0 Å². The Balaban J connectivity index is 1.80. The number of hydrogen-bond acceptors (Lipinski definition) is 5. The lowest BCUT2D eigenvalue weighted by Crippen LogP contribution is -2.37. The molecule has 2 heterocycles. The van der Waals surface area contributed by atoms with Gasteiger partial charge in [0.2, 0.25) is 0 Å². The fourth-order valence-corrected chi connectivity index (χ4v) is 4.12. The molecule has 4 nitrogen and oxygen atoms in total. The quantitative estimate of drug-likeness (QED) is 0.896. The molecule has 0 spiro atoms. The summed E-state index contributed by atoms with van der Waals surface area (Å²) in [6, 6.07) is 0.624. The van der Waals surface area contributed by atoms with Crippen LogP contribution < -0.4 is 10.6 Å². The topological polar surface area (TPSA) is 45.4 Å². The molecule has 2 aliphatic rings. The lowest BCUT2D eigenvalue weighted by atomic mass is 10.2. The van der Waals surface area contributed by atoms with E-state index in [0.29, 0.717) is 18.5 Å². The van der Waals surface area contributed by atoms with Crippen LogP contribution in [0.15, 0.2) is 0 Å².